The Hall–Kier alpha value is -4.00. The lowest BCUT2D eigenvalue weighted by atomic mass is 10.0. The van der Waals surface area contributed by atoms with E-state index in [-0.39, 0.29) is 5.78 Å². The van der Waals surface area contributed by atoms with Crippen LogP contribution in [0.25, 0.3) is 27.9 Å². The van der Waals surface area contributed by atoms with Crippen molar-refractivity contribution in [1.82, 2.24) is 24.6 Å². The Morgan fingerprint density at radius 2 is 1.91 bits per heavy atom. The number of para-hydroxylation sites is 2. The van der Waals surface area contributed by atoms with Crippen molar-refractivity contribution in [2.24, 2.45) is 5.92 Å². The molecule has 0 amide bonds. The number of Topliss-reactive ketones (excluding diaryl/α,β-unsaturated/α-hetero) is 1. The maximum Gasteiger partial charge on any atom is 0.181 e. The van der Waals surface area contributed by atoms with Crippen molar-refractivity contribution in [2.75, 3.05) is 11.9 Å². The van der Waals surface area contributed by atoms with E-state index in [1.165, 1.54) is 0 Å². The van der Waals surface area contributed by atoms with E-state index >= 15 is 0 Å². The molecule has 0 saturated carbocycles. The van der Waals surface area contributed by atoms with Crippen molar-refractivity contribution in [2.45, 2.75) is 20.3 Å². The van der Waals surface area contributed by atoms with Gasteiger partial charge in [0.15, 0.2) is 17.2 Å². The van der Waals surface area contributed by atoms with Gasteiger partial charge in [-0.15, -0.1) is 0 Å². The molecule has 160 valence electrons. The zero-order valence-electron chi connectivity index (χ0n) is 18.0. The van der Waals surface area contributed by atoms with Crippen LogP contribution >= 0.6 is 0 Å². The van der Waals surface area contributed by atoms with Gasteiger partial charge in [0.05, 0.1) is 29.3 Å². The van der Waals surface area contributed by atoms with Crippen LogP contribution in [0.2, 0.25) is 0 Å². The number of rotatable bonds is 7. The highest BCUT2D eigenvalue weighted by molar-refractivity contribution is 5.97. The molecule has 3 aromatic heterocycles. The van der Waals surface area contributed by atoms with Crippen LogP contribution in [0, 0.1) is 5.92 Å². The monoisotopic (exact) mass is 424 g/mol. The number of anilines is 1. The van der Waals surface area contributed by atoms with E-state index in [1.807, 2.05) is 54.7 Å². The number of imidazole rings is 1. The number of aromatic amines is 1. The molecule has 7 nitrogen and oxygen atoms in total. The molecule has 0 aliphatic rings. The van der Waals surface area contributed by atoms with E-state index in [0.29, 0.717) is 17.9 Å². The molecular weight excluding hydrogens is 400 g/mol. The van der Waals surface area contributed by atoms with E-state index in [4.69, 9.17) is 9.97 Å². The molecule has 7 heteroatoms. The maximum atomic E-state index is 12.6. The SMILES string of the molecule is CC(C)CNc1nc2ccccc2n2c(-c3ccc(C(=O)Cc4ccn[nH]4)cc3)cnc12. The lowest BCUT2D eigenvalue weighted by molar-refractivity contribution is 0.0992. The third-order valence-electron chi connectivity index (χ3n) is 5.42. The standard InChI is InChI=1S/C25H24N6O/c1-16(2)14-26-24-25-27-15-22(31(25)21-6-4-3-5-20(21)29-24)17-7-9-18(10-8-17)23(32)13-19-11-12-28-30-19/h3-12,15-16H,13-14H2,1-2H3,(H,26,29)(H,28,30). The molecule has 0 bridgehead atoms. The molecule has 0 fully saturated rings. The second-order valence-corrected chi connectivity index (χ2v) is 8.29. The number of nitrogens with one attached hydrogen (secondary N) is 2. The van der Waals surface area contributed by atoms with E-state index in [0.717, 1.165) is 46.0 Å². The Bertz CT molecular complexity index is 1380. The van der Waals surface area contributed by atoms with Crippen molar-refractivity contribution in [3.8, 4) is 11.3 Å². The van der Waals surface area contributed by atoms with Crippen LogP contribution in [0.15, 0.2) is 67.0 Å². The molecule has 32 heavy (non-hydrogen) atoms. The van der Waals surface area contributed by atoms with Gasteiger partial charge in [0, 0.05) is 29.6 Å². The van der Waals surface area contributed by atoms with Gasteiger partial charge in [-0.1, -0.05) is 50.2 Å². The van der Waals surface area contributed by atoms with Crippen LogP contribution in [-0.2, 0) is 6.42 Å². The first-order valence-electron chi connectivity index (χ1n) is 10.7. The lowest BCUT2D eigenvalue weighted by Crippen LogP contribution is -2.11. The van der Waals surface area contributed by atoms with Crippen molar-refractivity contribution >= 4 is 28.3 Å². The van der Waals surface area contributed by atoms with Gasteiger partial charge in [-0.25, -0.2) is 9.97 Å². The Morgan fingerprint density at radius 1 is 1.09 bits per heavy atom. The lowest BCUT2D eigenvalue weighted by Gasteiger charge is -2.12. The Balaban J connectivity index is 1.55. The number of nitrogens with zero attached hydrogens (tertiary/aromatic N) is 4. The second kappa shape index (κ2) is 8.26. The Labute approximate surface area is 185 Å². The van der Waals surface area contributed by atoms with Crippen molar-refractivity contribution < 1.29 is 4.79 Å². The predicted molar refractivity (Wildman–Crippen MR) is 126 cm³/mol. The number of aromatic nitrogens is 5. The average Bonchev–Trinajstić information content (AvgIpc) is 3.48. The highest BCUT2D eigenvalue weighted by atomic mass is 16.1. The molecule has 2 aromatic carbocycles. The Morgan fingerprint density at radius 3 is 2.66 bits per heavy atom. The van der Waals surface area contributed by atoms with Crippen LogP contribution < -0.4 is 5.32 Å². The Kier molecular flexibility index (Phi) is 5.15. The van der Waals surface area contributed by atoms with Gasteiger partial charge in [-0.3, -0.25) is 14.3 Å². The number of ketones is 1. The molecule has 5 rings (SSSR count). The van der Waals surface area contributed by atoms with Gasteiger partial charge >= 0.3 is 0 Å². The number of hydrogen-bond acceptors (Lipinski definition) is 5. The summed E-state index contributed by atoms with van der Waals surface area (Å²) in [6, 6.07) is 17.6. The maximum absolute atomic E-state index is 12.6. The topological polar surface area (TPSA) is 88.0 Å². The summed E-state index contributed by atoms with van der Waals surface area (Å²) in [6.45, 7) is 5.14. The second-order valence-electron chi connectivity index (χ2n) is 8.29. The first-order chi connectivity index (χ1) is 15.6. The van der Waals surface area contributed by atoms with E-state index in [1.54, 1.807) is 6.20 Å². The molecule has 0 spiro atoms. The van der Waals surface area contributed by atoms with Crippen LogP contribution in [-0.4, -0.2) is 36.9 Å². The fourth-order valence-electron chi connectivity index (χ4n) is 3.79. The van der Waals surface area contributed by atoms with Gasteiger partial charge in [0.2, 0.25) is 0 Å². The molecule has 0 aliphatic carbocycles. The average molecular weight is 425 g/mol. The minimum atomic E-state index is 0.0498. The van der Waals surface area contributed by atoms with Gasteiger partial charge in [0.1, 0.15) is 0 Å². The molecule has 0 aliphatic heterocycles. The van der Waals surface area contributed by atoms with Crippen LogP contribution in [0.3, 0.4) is 0 Å². The molecule has 3 heterocycles. The normalized spacial score (nSPS) is 11.5. The molecule has 5 aromatic rings. The third kappa shape index (κ3) is 3.73. The van der Waals surface area contributed by atoms with E-state index in [9.17, 15) is 4.79 Å². The highest BCUT2D eigenvalue weighted by Crippen LogP contribution is 2.29. The third-order valence-corrected chi connectivity index (χ3v) is 5.42. The fraction of sp³-hybridized carbons (Fsp3) is 0.200. The van der Waals surface area contributed by atoms with Crippen LogP contribution in [0.5, 0.6) is 0 Å². The molecule has 0 saturated heterocycles. The van der Waals surface area contributed by atoms with E-state index < -0.39 is 0 Å². The number of H-pyrrole nitrogens is 1. The van der Waals surface area contributed by atoms with Crippen molar-refractivity contribution in [1.29, 1.82) is 0 Å². The van der Waals surface area contributed by atoms with Gasteiger partial charge in [-0.2, -0.15) is 5.10 Å². The quantitative estimate of drug-likeness (QED) is 0.368. The number of fused-ring (bicyclic) bond motifs is 3. The van der Waals surface area contributed by atoms with E-state index in [2.05, 4.69) is 39.8 Å². The number of benzene rings is 2. The smallest absolute Gasteiger partial charge is 0.181 e. The summed E-state index contributed by atoms with van der Waals surface area (Å²) in [5, 5.41) is 10.2. The first kappa shape index (κ1) is 19.9. The minimum Gasteiger partial charge on any atom is -0.367 e. The summed E-state index contributed by atoms with van der Waals surface area (Å²) >= 11 is 0. The van der Waals surface area contributed by atoms with Gasteiger partial charge < -0.3 is 5.32 Å². The summed E-state index contributed by atoms with van der Waals surface area (Å²) in [5.41, 5.74) is 6.10. The first-order valence-corrected chi connectivity index (χ1v) is 10.7. The summed E-state index contributed by atoms with van der Waals surface area (Å²) in [5.74, 6) is 1.31. The summed E-state index contributed by atoms with van der Waals surface area (Å²) < 4.78 is 2.13. The van der Waals surface area contributed by atoms with Crippen LogP contribution in [0.1, 0.15) is 29.9 Å². The van der Waals surface area contributed by atoms with Crippen molar-refractivity contribution in [3.63, 3.8) is 0 Å². The molecule has 0 atom stereocenters. The number of carbonyl (C=O) groups excluding carboxylic acids is 1. The zero-order valence-corrected chi connectivity index (χ0v) is 18.0. The summed E-state index contributed by atoms with van der Waals surface area (Å²) in [4.78, 5) is 22.1. The zero-order chi connectivity index (χ0) is 22.1. The summed E-state index contributed by atoms with van der Waals surface area (Å²) in [7, 11) is 0. The fourth-order valence-corrected chi connectivity index (χ4v) is 3.79. The highest BCUT2D eigenvalue weighted by Gasteiger charge is 2.15. The number of carbonyl (C=O) groups is 1. The summed E-state index contributed by atoms with van der Waals surface area (Å²) in [6.07, 6.45) is 3.82. The molecule has 0 radical (unpaired) electrons. The number of hydrogen-bond donors (Lipinski definition) is 2. The predicted octanol–water partition coefficient (Wildman–Crippen LogP) is 4.77. The molecular formula is C25H24N6O. The van der Waals surface area contributed by atoms with Gasteiger partial charge in [0.25, 0.3) is 0 Å². The van der Waals surface area contributed by atoms with Crippen molar-refractivity contribution in [3.05, 3.63) is 78.2 Å². The minimum absolute atomic E-state index is 0.0498. The van der Waals surface area contributed by atoms with Gasteiger partial charge in [-0.05, 0) is 24.1 Å². The van der Waals surface area contributed by atoms with Crippen LogP contribution in [0.4, 0.5) is 5.82 Å². The molecule has 0 unspecified atom stereocenters. The largest absolute Gasteiger partial charge is 0.367 e. The molecule has 2 N–H and O–H groups in total.